The summed E-state index contributed by atoms with van der Waals surface area (Å²) in [6, 6.07) is 8.09. The molecule has 0 saturated carbocycles. The molecule has 144 valence electrons. The molecule has 2 saturated heterocycles. The molecule has 1 aromatic rings. The average molecular weight is 361 g/mol. The fourth-order valence-electron chi connectivity index (χ4n) is 3.86. The lowest BCUT2D eigenvalue weighted by atomic mass is 10.0. The Bertz CT molecular complexity index is 570. The molecule has 6 heteroatoms. The molecule has 0 radical (unpaired) electrons. The number of piperidine rings is 1. The number of hydrogen-bond acceptors (Lipinski definition) is 4. The second-order valence-electron chi connectivity index (χ2n) is 7.64. The van der Waals surface area contributed by atoms with E-state index in [-0.39, 0.29) is 6.03 Å². The first-order valence-corrected chi connectivity index (χ1v) is 9.81. The van der Waals surface area contributed by atoms with E-state index in [2.05, 4.69) is 41.0 Å². The summed E-state index contributed by atoms with van der Waals surface area (Å²) < 4.78 is 5.92. The van der Waals surface area contributed by atoms with Crippen LogP contribution >= 0.6 is 0 Å². The molecule has 2 amide bonds. The predicted molar refractivity (Wildman–Crippen MR) is 103 cm³/mol. The van der Waals surface area contributed by atoms with E-state index >= 15 is 0 Å². The quantitative estimate of drug-likeness (QED) is 0.843. The van der Waals surface area contributed by atoms with Crippen molar-refractivity contribution < 1.29 is 9.53 Å². The van der Waals surface area contributed by atoms with Crippen LogP contribution in [0, 0.1) is 5.92 Å². The number of benzene rings is 1. The number of likely N-dealkylation sites (tertiary alicyclic amines) is 1. The van der Waals surface area contributed by atoms with Gasteiger partial charge in [-0.05, 0) is 43.0 Å². The number of carbonyl (C=O) groups is 1. The van der Waals surface area contributed by atoms with Crippen molar-refractivity contribution >= 4 is 6.03 Å². The molecule has 2 aliphatic rings. The number of amides is 2. The van der Waals surface area contributed by atoms with Crippen LogP contribution in [0.3, 0.4) is 0 Å². The zero-order valence-electron chi connectivity index (χ0n) is 15.9. The molecule has 1 aromatic carbocycles. The maximum atomic E-state index is 11.2. The first-order valence-electron chi connectivity index (χ1n) is 9.81. The number of ether oxygens (including phenoxy) is 1. The number of nitrogens with two attached hydrogens (primary N) is 1. The highest BCUT2D eigenvalue weighted by Crippen LogP contribution is 2.17. The third kappa shape index (κ3) is 5.61. The molecule has 2 N–H and O–H groups in total. The second kappa shape index (κ2) is 9.24. The number of carbonyl (C=O) groups excluding carboxylic acids is 1. The van der Waals surface area contributed by atoms with Gasteiger partial charge in [0.05, 0.1) is 0 Å². The smallest absolute Gasteiger partial charge is 0.314 e. The minimum absolute atomic E-state index is 0.315. The Hall–Kier alpha value is -1.79. The summed E-state index contributed by atoms with van der Waals surface area (Å²) in [5.74, 6) is 1.75. The predicted octanol–water partition coefficient (Wildman–Crippen LogP) is 1.99. The lowest BCUT2D eigenvalue weighted by molar-refractivity contribution is 0.140. The minimum Gasteiger partial charge on any atom is -0.492 e. The number of primary amides is 1. The molecule has 0 spiro atoms. The van der Waals surface area contributed by atoms with E-state index in [1.807, 2.05) is 0 Å². The van der Waals surface area contributed by atoms with Crippen molar-refractivity contribution in [2.75, 3.05) is 52.4 Å². The SMILES string of the molecule is C[C@@H]1CCCN(CCOc2ccc(CN3CCN(C(N)=O)CC3)cc2)C1. The van der Waals surface area contributed by atoms with Crippen molar-refractivity contribution in [3.05, 3.63) is 29.8 Å². The highest BCUT2D eigenvalue weighted by atomic mass is 16.5. The second-order valence-corrected chi connectivity index (χ2v) is 7.64. The molecule has 0 aliphatic carbocycles. The molecule has 2 heterocycles. The topological polar surface area (TPSA) is 62.0 Å². The third-order valence-electron chi connectivity index (χ3n) is 5.43. The minimum atomic E-state index is -0.315. The number of rotatable bonds is 6. The van der Waals surface area contributed by atoms with Gasteiger partial charge in [-0.3, -0.25) is 9.80 Å². The molecule has 0 unspecified atom stereocenters. The van der Waals surface area contributed by atoms with E-state index in [9.17, 15) is 4.79 Å². The first-order chi connectivity index (χ1) is 12.6. The van der Waals surface area contributed by atoms with Crippen molar-refractivity contribution in [3.63, 3.8) is 0 Å². The fraction of sp³-hybridized carbons (Fsp3) is 0.650. The molecule has 0 bridgehead atoms. The van der Waals surface area contributed by atoms with Crippen molar-refractivity contribution in [1.82, 2.24) is 14.7 Å². The third-order valence-corrected chi connectivity index (χ3v) is 5.43. The van der Waals surface area contributed by atoms with E-state index in [4.69, 9.17) is 10.5 Å². The highest BCUT2D eigenvalue weighted by Gasteiger charge is 2.19. The first kappa shape index (κ1) is 19.0. The number of nitrogens with zero attached hydrogens (tertiary/aromatic N) is 3. The Balaban J connectivity index is 1.37. The number of hydrogen-bond donors (Lipinski definition) is 1. The summed E-state index contributed by atoms with van der Waals surface area (Å²) in [5.41, 5.74) is 6.60. The van der Waals surface area contributed by atoms with Crippen molar-refractivity contribution in [3.8, 4) is 5.75 Å². The maximum absolute atomic E-state index is 11.2. The summed E-state index contributed by atoms with van der Waals surface area (Å²) in [4.78, 5) is 17.7. The molecule has 2 aliphatic heterocycles. The van der Waals surface area contributed by atoms with Gasteiger partial charge in [-0.15, -0.1) is 0 Å². The van der Waals surface area contributed by atoms with Crippen molar-refractivity contribution in [1.29, 1.82) is 0 Å². The lowest BCUT2D eigenvalue weighted by Crippen LogP contribution is -2.50. The molecule has 1 atom stereocenters. The summed E-state index contributed by atoms with van der Waals surface area (Å²) in [7, 11) is 0. The summed E-state index contributed by atoms with van der Waals surface area (Å²) in [6.07, 6.45) is 2.67. The van der Waals surface area contributed by atoms with Gasteiger partial charge in [0.1, 0.15) is 12.4 Å². The molecular formula is C20H32N4O2. The van der Waals surface area contributed by atoms with Gasteiger partial charge < -0.3 is 15.4 Å². The van der Waals surface area contributed by atoms with Crippen LogP contribution < -0.4 is 10.5 Å². The fourth-order valence-corrected chi connectivity index (χ4v) is 3.86. The summed E-state index contributed by atoms with van der Waals surface area (Å²) >= 11 is 0. The largest absolute Gasteiger partial charge is 0.492 e. The molecular weight excluding hydrogens is 328 g/mol. The standard InChI is InChI=1S/C20H32N4O2/c1-17-3-2-8-22(15-17)13-14-26-19-6-4-18(5-7-19)16-23-9-11-24(12-10-23)20(21)25/h4-7,17H,2-3,8-16H2,1H3,(H2,21,25)/t17-/m1/s1. The average Bonchev–Trinajstić information content (AvgIpc) is 2.64. The Morgan fingerprint density at radius 2 is 1.85 bits per heavy atom. The van der Waals surface area contributed by atoms with Crippen LogP contribution in [-0.4, -0.2) is 73.2 Å². The summed E-state index contributed by atoms with van der Waals surface area (Å²) in [5, 5.41) is 0. The van der Waals surface area contributed by atoms with Crippen LogP contribution in [0.4, 0.5) is 4.79 Å². The zero-order valence-corrected chi connectivity index (χ0v) is 15.9. The van der Waals surface area contributed by atoms with Gasteiger partial charge in [0.15, 0.2) is 0 Å². The number of urea groups is 1. The van der Waals surface area contributed by atoms with Gasteiger partial charge in [-0.1, -0.05) is 19.1 Å². The van der Waals surface area contributed by atoms with E-state index in [1.54, 1.807) is 4.90 Å². The van der Waals surface area contributed by atoms with Gasteiger partial charge in [0.25, 0.3) is 0 Å². The normalized spacial score (nSPS) is 22.3. The number of piperazine rings is 1. The molecule has 6 nitrogen and oxygen atoms in total. The Morgan fingerprint density at radius 1 is 1.12 bits per heavy atom. The monoisotopic (exact) mass is 360 g/mol. The van der Waals surface area contributed by atoms with Gasteiger partial charge in [0, 0.05) is 45.8 Å². The van der Waals surface area contributed by atoms with Crippen LogP contribution in [0.25, 0.3) is 0 Å². The zero-order chi connectivity index (χ0) is 18.4. The van der Waals surface area contributed by atoms with Crippen LogP contribution in [0.1, 0.15) is 25.3 Å². The molecule has 3 rings (SSSR count). The Labute approximate surface area is 156 Å². The maximum Gasteiger partial charge on any atom is 0.314 e. The lowest BCUT2D eigenvalue weighted by Gasteiger charge is -2.33. The van der Waals surface area contributed by atoms with Crippen LogP contribution in [0.5, 0.6) is 5.75 Å². The van der Waals surface area contributed by atoms with Crippen LogP contribution in [0.15, 0.2) is 24.3 Å². The highest BCUT2D eigenvalue weighted by molar-refractivity contribution is 5.72. The van der Waals surface area contributed by atoms with Crippen LogP contribution in [-0.2, 0) is 6.54 Å². The van der Waals surface area contributed by atoms with Gasteiger partial charge >= 0.3 is 6.03 Å². The van der Waals surface area contributed by atoms with Crippen LogP contribution in [0.2, 0.25) is 0 Å². The van der Waals surface area contributed by atoms with E-state index in [1.165, 1.54) is 31.5 Å². The van der Waals surface area contributed by atoms with E-state index in [0.29, 0.717) is 13.1 Å². The van der Waals surface area contributed by atoms with Crippen molar-refractivity contribution in [2.24, 2.45) is 11.7 Å². The van der Waals surface area contributed by atoms with E-state index < -0.39 is 0 Å². The molecule has 0 aromatic heterocycles. The van der Waals surface area contributed by atoms with Crippen molar-refractivity contribution in [2.45, 2.75) is 26.3 Å². The van der Waals surface area contributed by atoms with Gasteiger partial charge in [-0.2, -0.15) is 0 Å². The Kier molecular flexibility index (Phi) is 6.74. The molecule has 2 fully saturated rings. The van der Waals surface area contributed by atoms with Gasteiger partial charge in [-0.25, -0.2) is 4.79 Å². The summed E-state index contributed by atoms with van der Waals surface area (Å²) in [6.45, 7) is 10.6. The molecule has 26 heavy (non-hydrogen) atoms. The van der Waals surface area contributed by atoms with E-state index in [0.717, 1.165) is 44.5 Å². The van der Waals surface area contributed by atoms with Gasteiger partial charge in [0.2, 0.25) is 0 Å². The Morgan fingerprint density at radius 3 is 2.50 bits per heavy atom.